The number of methoxy groups -OCH3 is 1. The maximum Gasteiger partial charge on any atom is 0.414 e. The van der Waals surface area contributed by atoms with Gasteiger partial charge >= 0.3 is 6.09 Å². The lowest BCUT2D eigenvalue weighted by Gasteiger charge is -2.32. The fourth-order valence-corrected chi connectivity index (χ4v) is 1.69. The molecular formula is C10H15NO3. The highest BCUT2D eigenvalue weighted by atomic mass is 16.5. The van der Waals surface area contributed by atoms with Crippen molar-refractivity contribution < 1.29 is 14.3 Å². The molecule has 1 aliphatic rings. The Labute approximate surface area is 83.5 Å². The van der Waals surface area contributed by atoms with Crippen LogP contribution in [-0.4, -0.2) is 29.9 Å². The zero-order valence-corrected chi connectivity index (χ0v) is 8.74. The van der Waals surface area contributed by atoms with Crippen LogP contribution in [0.25, 0.3) is 0 Å². The summed E-state index contributed by atoms with van der Waals surface area (Å²) in [4.78, 5) is 24.2. The fourth-order valence-electron chi connectivity index (χ4n) is 1.69. The van der Waals surface area contributed by atoms with Crippen LogP contribution >= 0.6 is 0 Å². The number of hydrogen-bond acceptors (Lipinski definition) is 3. The van der Waals surface area contributed by atoms with Gasteiger partial charge in [-0.3, -0.25) is 9.69 Å². The maximum absolute atomic E-state index is 11.4. The minimum Gasteiger partial charge on any atom is -0.452 e. The summed E-state index contributed by atoms with van der Waals surface area (Å²) in [5, 5.41) is 0. The Bertz CT molecular complexity index is 283. The van der Waals surface area contributed by atoms with Crippen LogP contribution in [-0.2, 0) is 9.53 Å². The van der Waals surface area contributed by atoms with Gasteiger partial charge in [-0.25, -0.2) is 4.79 Å². The number of amides is 1. The first kappa shape index (κ1) is 10.8. The second-order valence-corrected chi connectivity index (χ2v) is 3.36. The van der Waals surface area contributed by atoms with Gasteiger partial charge in [0.05, 0.1) is 7.11 Å². The van der Waals surface area contributed by atoms with E-state index >= 15 is 0 Å². The molecular weight excluding hydrogens is 182 g/mol. The molecule has 14 heavy (non-hydrogen) atoms. The smallest absolute Gasteiger partial charge is 0.414 e. The van der Waals surface area contributed by atoms with E-state index in [2.05, 4.69) is 4.74 Å². The van der Waals surface area contributed by atoms with Crippen molar-refractivity contribution in [3.8, 4) is 0 Å². The summed E-state index contributed by atoms with van der Waals surface area (Å²) in [5.41, 5.74) is 0.667. The number of hydrogen-bond donors (Lipinski definition) is 0. The van der Waals surface area contributed by atoms with Gasteiger partial charge in [0.15, 0.2) is 5.78 Å². The van der Waals surface area contributed by atoms with Crippen LogP contribution in [0, 0.1) is 0 Å². The number of rotatable bonds is 1. The van der Waals surface area contributed by atoms with Crippen LogP contribution in [0.2, 0.25) is 0 Å². The van der Waals surface area contributed by atoms with Crippen molar-refractivity contribution >= 4 is 11.9 Å². The molecule has 1 atom stereocenters. The van der Waals surface area contributed by atoms with E-state index in [-0.39, 0.29) is 11.8 Å². The van der Waals surface area contributed by atoms with Crippen LogP contribution in [0.4, 0.5) is 4.79 Å². The molecule has 0 fully saturated rings. The normalized spacial score (nSPS) is 21.9. The Morgan fingerprint density at radius 3 is 2.86 bits per heavy atom. The lowest BCUT2D eigenvalue weighted by atomic mass is 10.0. The minimum atomic E-state index is -0.391. The molecule has 0 saturated heterocycles. The van der Waals surface area contributed by atoms with Crippen LogP contribution in [0.1, 0.15) is 26.7 Å². The van der Waals surface area contributed by atoms with Crippen molar-refractivity contribution in [3.63, 3.8) is 0 Å². The van der Waals surface area contributed by atoms with Gasteiger partial charge in [0.1, 0.15) is 0 Å². The molecule has 0 spiro atoms. The quantitative estimate of drug-likeness (QED) is 0.642. The molecule has 1 unspecified atom stereocenters. The molecule has 0 radical (unpaired) electrons. The summed E-state index contributed by atoms with van der Waals surface area (Å²) in [5.74, 6) is 0.0782. The predicted octanol–water partition coefficient (Wildman–Crippen LogP) is 1.71. The third-order valence-corrected chi connectivity index (χ3v) is 2.39. The van der Waals surface area contributed by atoms with Crippen molar-refractivity contribution in [2.45, 2.75) is 32.7 Å². The first-order valence-electron chi connectivity index (χ1n) is 4.68. The lowest BCUT2D eigenvalue weighted by Crippen LogP contribution is -2.42. The SMILES string of the molecule is CCC1CC(=O)C=C(C)N1C(=O)OC. The Balaban J connectivity index is 2.93. The van der Waals surface area contributed by atoms with E-state index < -0.39 is 6.09 Å². The van der Waals surface area contributed by atoms with Crippen molar-refractivity contribution in [3.05, 3.63) is 11.8 Å². The third kappa shape index (κ3) is 1.95. The average molecular weight is 197 g/mol. The third-order valence-electron chi connectivity index (χ3n) is 2.39. The summed E-state index contributed by atoms with van der Waals surface area (Å²) in [6.45, 7) is 3.70. The van der Waals surface area contributed by atoms with E-state index in [1.54, 1.807) is 11.8 Å². The summed E-state index contributed by atoms with van der Waals surface area (Å²) in [6.07, 6.45) is 2.25. The number of ketones is 1. The van der Waals surface area contributed by atoms with Gasteiger partial charge in [-0.05, 0) is 13.3 Å². The number of ether oxygens (including phenoxy) is 1. The average Bonchev–Trinajstić information content (AvgIpc) is 2.15. The second kappa shape index (κ2) is 4.26. The molecule has 0 aromatic heterocycles. The Morgan fingerprint density at radius 1 is 1.71 bits per heavy atom. The molecule has 1 rings (SSSR count). The highest BCUT2D eigenvalue weighted by molar-refractivity contribution is 5.93. The van der Waals surface area contributed by atoms with Crippen molar-refractivity contribution in [2.75, 3.05) is 7.11 Å². The molecule has 0 aromatic carbocycles. The summed E-state index contributed by atoms with van der Waals surface area (Å²) < 4.78 is 4.66. The topological polar surface area (TPSA) is 46.6 Å². The number of allylic oxidation sites excluding steroid dienone is 2. The van der Waals surface area contributed by atoms with E-state index in [0.717, 1.165) is 6.42 Å². The Morgan fingerprint density at radius 2 is 2.36 bits per heavy atom. The monoisotopic (exact) mass is 197 g/mol. The molecule has 1 heterocycles. The van der Waals surface area contributed by atoms with Gasteiger partial charge in [0.25, 0.3) is 0 Å². The molecule has 0 N–H and O–H groups in total. The molecule has 0 saturated carbocycles. The molecule has 0 bridgehead atoms. The van der Waals surface area contributed by atoms with Gasteiger partial charge in [0, 0.05) is 24.2 Å². The van der Waals surface area contributed by atoms with Gasteiger partial charge in [0.2, 0.25) is 0 Å². The Kier molecular flexibility index (Phi) is 3.28. The van der Waals surface area contributed by atoms with E-state index in [1.165, 1.54) is 13.2 Å². The summed E-state index contributed by atoms with van der Waals surface area (Å²) >= 11 is 0. The number of nitrogens with zero attached hydrogens (tertiary/aromatic N) is 1. The molecule has 4 nitrogen and oxygen atoms in total. The molecule has 78 valence electrons. The van der Waals surface area contributed by atoms with Crippen molar-refractivity contribution in [1.82, 2.24) is 4.90 Å². The largest absolute Gasteiger partial charge is 0.452 e. The molecule has 0 aromatic rings. The molecule has 1 amide bonds. The van der Waals surface area contributed by atoms with Crippen LogP contribution in [0.5, 0.6) is 0 Å². The predicted molar refractivity (Wildman–Crippen MR) is 51.7 cm³/mol. The molecule has 1 aliphatic heterocycles. The van der Waals surface area contributed by atoms with Crippen molar-refractivity contribution in [2.24, 2.45) is 0 Å². The fraction of sp³-hybridized carbons (Fsp3) is 0.600. The number of carbonyl (C=O) groups is 2. The van der Waals surface area contributed by atoms with Gasteiger partial charge in [-0.15, -0.1) is 0 Å². The van der Waals surface area contributed by atoms with Gasteiger partial charge in [-0.1, -0.05) is 6.92 Å². The van der Waals surface area contributed by atoms with E-state index in [9.17, 15) is 9.59 Å². The zero-order valence-electron chi connectivity index (χ0n) is 8.74. The number of carbonyl (C=O) groups excluding carboxylic acids is 2. The van der Waals surface area contributed by atoms with E-state index in [0.29, 0.717) is 12.1 Å². The van der Waals surface area contributed by atoms with Gasteiger partial charge in [-0.2, -0.15) is 0 Å². The van der Waals surface area contributed by atoms with Crippen LogP contribution in [0.15, 0.2) is 11.8 Å². The highest BCUT2D eigenvalue weighted by Crippen LogP contribution is 2.21. The minimum absolute atomic E-state index is 0.0556. The lowest BCUT2D eigenvalue weighted by molar-refractivity contribution is -0.116. The van der Waals surface area contributed by atoms with Crippen molar-refractivity contribution in [1.29, 1.82) is 0 Å². The summed E-state index contributed by atoms with van der Waals surface area (Å²) in [7, 11) is 1.35. The zero-order chi connectivity index (χ0) is 10.7. The maximum atomic E-state index is 11.4. The van der Waals surface area contributed by atoms with Crippen LogP contribution in [0.3, 0.4) is 0 Å². The van der Waals surface area contributed by atoms with E-state index in [4.69, 9.17) is 0 Å². The van der Waals surface area contributed by atoms with E-state index in [1.807, 2.05) is 6.92 Å². The first-order valence-corrected chi connectivity index (χ1v) is 4.68. The van der Waals surface area contributed by atoms with Crippen LogP contribution < -0.4 is 0 Å². The Hall–Kier alpha value is -1.32. The molecule has 0 aliphatic carbocycles. The van der Waals surface area contributed by atoms with Gasteiger partial charge < -0.3 is 4.74 Å². The molecule has 4 heteroatoms. The standard InChI is InChI=1S/C10H15NO3/c1-4-8-6-9(12)5-7(2)11(8)10(13)14-3/h5,8H,4,6H2,1-3H3. The highest BCUT2D eigenvalue weighted by Gasteiger charge is 2.29. The second-order valence-electron chi connectivity index (χ2n) is 3.36. The first-order chi connectivity index (χ1) is 6.60. The summed E-state index contributed by atoms with van der Waals surface area (Å²) in [6, 6.07) is -0.0556.